The van der Waals surface area contributed by atoms with Gasteiger partial charge in [-0.2, -0.15) is 0 Å². The summed E-state index contributed by atoms with van der Waals surface area (Å²) in [5.41, 5.74) is 2.73. The molecule has 3 aromatic rings. The smallest absolute Gasteiger partial charge is 0.420 e. The predicted octanol–water partition coefficient (Wildman–Crippen LogP) is 5.73. The number of anilines is 1. The molecule has 0 spiro atoms. The predicted molar refractivity (Wildman–Crippen MR) is 125 cm³/mol. The summed E-state index contributed by atoms with van der Waals surface area (Å²) in [4.78, 5) is 27.3. The van der Waals surface area contributed by atoms with Gasteiger partial charge in [0.1, 0.15) is 5.75 Å². The van der Waals surface area contributed by atoms with Crippen molar-refractivity contribution in [1.82, 2.24) is 0 Å². The number of rotatable bonds is 5. The normalized spacial score (nSPS) is 15.1. The van der Waals surface area contributed by atoms with Gasteiger partial charge in [0, 0.05) is 5.56 Å². The third-order valence-corrected chi connectivity index (χ3v) is 5.18. The van der Waals surface area contributed by atoms with E-state index in [2.05, 4.69) is 0 Å². The van der Waals surface area contributed by atoms with Crippen molar-refractivity contribution in [3.05, 3.63) is 108 Å². The minimum absolute atomic E-state index is 0.421. The lowest BCUT2D eigenvalue weighted by molar-refractivity contribution is -0.133. The van der Waals surface area contributed by atoms with E-state index in [-0.39, 0.29) is 0 Å². The number of hydrogen-bond donors (Lipinski definition) is 0. The molecule has 160 valence electrons. The first kappa shape index (κ1) is 21.1. The summed E-state index contributed by atoms with van der Waals surface area (Å²) in [5, 5.41) is 0. The van der Waals surface area contributed by atoms with E-state index < -0.39 is 18.1 Å². The average Bonchev–Trinajstić information content (AvgIpc) is 2.84. The van der Waals surface area contributed by atoms with Gasteiger partial charge in [0.15, 0.2) is 0 Å². The Bertz CT molecular complexity index is 1150. The molecular formula is C27H23NO4. The van der Waals surface area contributed by atoms with Crippen LogP contribution in [0.4, 0.5) is 10.5 Å². The first-order valence-corrected chi connectivity index (χ1v) is 10.3. The van der Waals surface area contributed by atoms with Crippen molar-refractivity contribution >= 4 is 29.4 Å². The molecule has 0 fully saturated rings. The van der Waals surface area contributed by atoms with Crippen LogP contribution in [0.5, 0.6) is 5.75 Å². The minimum atomic E-state index is -0.512. The molecule has 0 aliphatic carbocycles. The fraction of sp³-hybridized carbons (Fsp3) is 0.111. The van der Waals surface area contributed by atoms with Crippen LogP contribution in [0.25, 0.3) is 11.6 Å². The second kappa shape index (κ2) is 9.79. The summed E-state index contributed by atoms with van der Waals surface area (Å²) < 4.78 is 10.6. The second-order valence-corrected chi connectivity index (χ2v) is 7.26. The van der Waals surface area contributed by atoms with E-state index in [1.54, 1.807) is 29.2 Å². The third kappa shape index (κ3) is 4.62. The number of benzene rings is 3. The van der Waals surface area contributed by atoms with E-state index in [1.165, 1.54) is 7.11 Å². The number of hydrogen-bond acceptors (Lipinski definition) is 4. The van der Waals surface area contributed by atoms with Gasteiger partial charge in [-0.3, -0.25) is 4.90 Å². The van der Waals surface area contributed by atoms with Crippen molar-refractivity contribution in [1.29, 1.82) is 0 Å². The van der Waals surface area contributed by atoms with Crippen molar-refractivity contribution in [2.75, 3.05) is 12.0 Å². The van der Waals surface area contributed by atoms with E-state index >= 15 is 0 Å². The molecule has 0 unspecified atom stereocenters. The van der Waals surface area contributed by atoms with Crippen LogP contribution >= 0.6 is 0 Å². The summed E-state index contributed by atoms with van der Waals surface area (Å²) in [6.07, 6.45) is 5.74. The molecule has 5 heteroatoms. The van der Waals surface area contributed by atoms with Gasteiger partial charge in [-0.25, -0.2) is 9.59 Å². The Labute approximate surface area is 187 Å². The van der Waals surface area contributed by atoms with Crippen LogP contribution in [-0.2, 0) is 9.53 Å². The highest BCUT2D eigenvalue weighted by Crippen LogP contribution is 2.36. The monoisotopic (exact) mass is 425 g/mol. The van der Waals surface area contributed by atoms with Crippen molar-refractivity contribution in [3.8, 4) is 5.75 Å². The molecule has 1 aliphatic rings. The molecule has 4 rings (SSSR count). The highest BCUT2D eigenvalue weighted by molar-refractivity contribution is 6.20. The van der Waals surface area contributed by atoms with Crippen LogP contribution in [-0.4, -0.2) is 25.2 Å². The molecule has 0 aromatic heterocycles. The minimum Gasteiger partial charge on any atom is -0.465 e. The number of esters is 1. The van der Waals surface area contributed by atoms with E-state index in [1.807, 2.05) is 78.9 Å². The standard InChI is InChI=1S/C27H23NO4/c1-31-26(29)24-19-21(14-10-13-20-11-4-2-5-12-20)28(25-18-9-8-17-23(24)25)27(30)32-22-15-6-3-7-16-22/h2-13,15-19,21H,14H2,1H3/b13-10+/t21-/m0/s1. The number of ether oxygens (including phenoxy) is 2. The van der Waals surface area contributed by atoms with Crippen LogP contribution in [0.2, 0.25) is 0 Å². The first-order valence-electron chi connectivity index (χ1n) is 10.3. The molecule has 32 heavy (non-hydrogen) atoms. The molecular weight excluding hydrogens is 402 g/mol. The van der Waals surface area contributed by atoms with Crippen LogP contribution < -0.4 is 9.64 Å². The van der Waals surface area contributed by atoms with Gasteiger partial charge in [0.2, 0.25) is 0 Å². The Morgan fingerprint density at radius 1 is 0.906 bits per heavy atom. The zero-order valence-electron chi connectivity index (χ0n) is 17.7. The highest BCUT2D eigenvalue weighted by atomic mass is 16.6. The maximum absolute atomic E-state index is 13.3. The highest BCUT2D eigenvalue weighted by Gasteiger charge is 2.34. The molecule has 0 bridgehead atoms. The van der Waals surface area contributed by atoms with Crippen LogP contribution in [0.3, 0.4) is 0 Å². The van der Waals surface area contributed by atoms with Gasteiger partial charge in [-0.1, -0.05) is 78.9 Å². The summed E-state index contributed by atoms with van der Waals surface area (Å²) in [6, 6.07) is 25.7. The van der Waals surface area contributed by atoms with Gasteiger partial charge < -0.3 is 9.47 Å². The SMILES string of the molecule is COC(=O)C1=C[C@H](C/C=C/c2ccccc2)N(C(=O)Oc2ccccc2)c2ccccc21. The number of fused-ring (bicyclic) bond motifs is 1. The molecule has 1 aliphatic heterocycles. The first-order chi connectivity index (χ1) is 15.7. The lowest BCUT2D eigenvalue weighted by Crippen LogP contribution is -2.44. The number of methoxy groups -OCH3 is 1. The lowest BCUT2D eigenvalue weighted by atomic mass is 9.93. The van der Waals surface area contributed by atoms with Gasteiger partial charge in [-0.15, -0.1) is 0 Å². The topological polar surface area (TPSA) is 55.8 Å². The zero-order chi connectivity index (χ0) is 22.3. The van der Waals surface area contributed by atoms with E-state index in [4.69, 9.17) is 9.47 Å². The summed E-state index contributed by atoms with van der Waals surface area (Å²) in [7, 11) is 1.35. The van der Waals surface area contributed by atoms with Crippen molar-refractivity contribution < 1.29 is 19.1 Å². The Hall–Kier alpha value is -4.12. The Morgan fingerprint density at radius 3 is 2.28 bits per heavy atom. The summed E-state index contributed by atoms with van der Waals surface area (Å²) in [5.74, 6) is 0.0156. The number of carbonyl (C=O) groups excluding carboxylic acids is 2. The summed E-state index contributed by atoms with van der Waals surface area (Å²) in [6.45, 7) is 0. The fourth-order valence-electron chi connectivity index (χ4n) is 3.69. The van der Waals surface area contributed by atoms with Crippen molar-refractivity contribution in [2.45, 2.75) is 12.5 Å². The van der Waals surface area contributed by atoms with Gasteiger partial charge in [-0.05, 0) is 36.3 Å². The Morgan fingerprint density at radius 2 is 1.56 bits per heavy atom. The van der Waals surface area contributed by atoms with E-state index in [0.29, 0.717) is 29.0 Å². The molecule has 1 atom stereocenters. The molecule has 3 aromatic carbocycles. The van der Waals surface area contributed by atoms with Gasteiger partial charge in [0.05, 0.1) is 24.4 Å². The summed E-state index contributed by atoms with van der Waals surface area (Å²) >= 11 is 0. The van der Waals surface area contributed by atoms with E-state index in [0.717, 1.165) is 5.56 Å². The molecule has 0 saturated carbocycles. The largest absolute Gasteiger partial charge is 0.465 e. The molecule has 1 heterocycles. The Balaban J connectivity index is 1.69. The average molecular weight is 425 g/mol. The van der Waals surface area contributed by atoms with Gasteiger partial charge >= 0.3 is 12.1 Å². The third-order valence-electron chi connectivity index (χ3n) is 5.18. The maximum Gasteiger partial charge on any atom is 0.420 e. The fourth-order valence-corrected chi connectivity index (χ4v) is 3.69. The van der Waals surface area contributed by atoms with E-state index in [9.17, 15) is 9.59 Å². The van der Waals surface area contributed by atoms with Crippen molar-refractivity contribution in [3.63, 3.8) is 0 Å². The van der Waals surface area contributed by atoms with Crippen LogP contribution in [0.15, 0.2) is 97.1 Å². The second-order valence-electron chi connectivity index (χ2n) is 7.26. The maximum atomic E-state index is 13.3. The Kier molecular flexibility index (Phi) is 6.46. The lowest BCUT2D eigenvalue weighted by Gasteiger charge is -2.34. The molecule has 0 saturated heterocycles. The molecule has 0 radical (unpaired) electrons. The number of para-hydroxylation sites is 2. The van der Waals surface area contributed by atoms with Crippen LogP contribution in [0, 0.1) is 0 Å². The van der Waals surface area contributed by atoms with Crippen LogP contribution in [0.1, 0.15) is 17.5 Å². The molecule has 0 N–H and O–H groups in total. The van der Waals surface area contributed by atoms with Gasteiger partial charge in [0.25, 0.3) is 0 Å². The molecule has 5 nitrogen and oxygen atoms in total. The van der Waals surface area contributed by atoms with Crippen molar-refractivity contribution in [2.24, 2.45) is 0 Å². The number of carbonyl (C=O) groups is 2. The molecule has 1 amide bonds. The number of amides is 1. The quantitative estimate of drug-likeness (QED) is 0.490. The number of nitrogens with zero attached hydrogens (tertiary/aromatic N) is 1. The zero-order valence-corrected chi connectivity index (χ0v) is 17.7.